The number of hydrogen-bond acceptors (Lipinski definition) is 4. The molecular weight excluding hydrogens is 265 g/mol. The number of halogens is 3. The van der Waals surface area contributed by atoms with Crippen molar-refractivity contribution in [2.24, 2.45) is 0 Å². The second-order valence-corrected chi connectivity index (χ2v) is 4.12. The third-order valence-electron chi connectivity index (χ3n) is 3.06. The Labute approximate surface area is 104 Å². The number of nitro groups is 1. The quantitative estimate of drug-likeness (QED) is 0.490. The first-order valence-electron chi connectivity index (χ1n) is 5.47. The predicted octanol–water partition coefficient (Wildman–Crippen LogP) is 2.18. The zero-order chi connectivity index (χ0) is 13.7. The number of hydrogen-bond donors (Lipinski definition) is 1. The number of pyridine rings is 1. The third-order valence-corrected chi connectivity index (χ3v) is 3.06. The summed E-state index contributed by atoms with van der Waals surface area (Å²) in [7, 11) is 0. The highest BCUT2D eigenvalue weighted by atomic mass is 19.2. The van der Waals surface area contributed by atoms with Crippen molar-refractivity contribution in [1.82, 2.24) is 9.55 Å². The first-order valence-corrected chi connectivity index (χ1v) is 5.47. The van der Waals surface area contributed by atoms with Gasteiger partial charge in [0.05, 0.1) is 4.92 Å². The minimum absolute atomic E-state index is 0.0172. The van der Waals surface area contributed by atoms with Gasteiger partial charge in [0.1, 0.15) is 10.9 Å². The lowest BCUT2D eigenvalue weighted by Gasteiger charge is -2.16. The molecule has 6 nitrogen and oxygen atoms in total. The van der Waals surface area contributed by atoms with E-state index in [1.165, 1.54) is 4.57 Å². The highest BCUT2D eigenvalue weighted by Crippen LogP contribution is 2.41. The normalized spacial score (nSPS) is 14.3. The number of nitrogens with zero attached hydrogens (tertiary/aromatic N) is 3. The smallest absolute Gasteiger partial charge is 0.322 e. The average molecular weight is 272 g/mol. The highest BCUT2D eigenvalue weighted by Gasteiger charge is 2.34. The Morgan fingerprint density at radius 3 is 2.74 bits per heavy atom. The Kier molecular flexibility index (Phi) is 2.37. The topological polar surface area (TPSA) is 73.0 Å². The van der Waals surface area contributed by atoms with Crippen molar-refractivity contribution >= 4 is 22.4 Å². The van der Waals surface area contributed by atoms with E-state index in [1.54, 1.807) is 0 Å². The number of anilines is 1. The lowest BCUT2D eigenvalue weighted by molar-refractivity contribution is -0.382. The number of nitrogens with one attached hydrogen (secondary N) is 1. The van der Waals surface area contributed by atoms with E-state index >= 15 is 0 Å². The maximum atomic E-state index is 13.7. The molecule has 0 unspecified atom stereocenters. The van der Waals surface area contributed by atoms with Gasteiger partial charge in [-0.25, -0.2) is 4.39 Å². The van der Waals surface area contributed by atoms with Crippen molar-refractivity contribution in [3.05, 3.63) is 27.8 Å². The van der Waals surface area contributed by atoms with Gasteiger partial charge in [0, 0.05) is 13.1 Å². The van der Waals surface area contributed by atoms with E-state index in [0.29, 0.717) is 13.0 Å². The van der Waals surface area contributed by atoms with Crippen LogP contribution in [0.5, 0.6) is 0 Å². The van der Waals surface area contributed by atoms with Gasteiger partial charge < -0.3 is 9.88 Å². The van der Waals surface area contributed by atoms with E-state index in [-0.39, 0.29) is 17.9 Å². The summed E-state index contributed by atoms with van der Waals surface area (Å²) in [5.74, 6) is -4.47. The largest absolute Gasteiger partial charge is 0.366 e. The molecule has 0 fully saturated rings. The van der Waals surface area contributed by atoms with Crippen molar-refractivity contribution in [1.29, 1.82) is 0 Å². The summed E-state index contributed by atoms with van der Waals surface area (Å²) < 4.78 is 41.8. The van der Waals surface area contributed by atoms with E-state index in [9.17, 15) is 23.3 Å². The number of aromatic nitrogens is 2. The number of rotatable bonds is 1. The summed E-state index contributed by atoms with van der Waals surface area (Å²) in [5.41, 5.74) is -1.04. The molecule has 0 aromatic carbocycles. The van der Waals surface area contributed by atoms with E-state index in [0.717, 1.165) is 0 Å². The Hall–Kier alpha value is -2.32. The SMILES string of the molecule is O=[N+]([O-])c1c2n(c3c(F)nc(F)c(F)c13)CCCN2. The van der Waals surface area contributed by atoms with Crippen LogP contribution in [0.3, 0.4) is 0 Å². The molecule has 0 spiro atoms. The maximum absolute atomic E-state index is 13.7. The minimum atomic E-state index is -1.68. The first-order chi connectivity index (χ1) is 9.02. The van der Waals surface area contributed by atoms with Crippen molar-refractivity contribution in [3.8, 4) is 0 Å². The summed E-state index contributed by atoms with van der Waals surface area (Å²) in [6.07, 6.45) is 0.590. The molecule has 2 aromatic rings. The summed E-state index contributed by atoms with van der Waals surface area (Å²) in [6, 6.07) is 0. The molecule has 19 heavy (non-hydrogen) atoms. The maximum Gasteiger partial charge on any atom is 0.322 e. The van der Waals surface area contributed by atoms with Gasteiger partial charge in [0.2, 0.25) is 5.95 Å². The van der Waals surface area contributed by atoms with E-state index < -0.39 is 33.7 Å². The predicted molar refractivity (Wildman–Crippen MR) is 59.4 cm³/mol. The van der Waals surface area contributed by atoms with E-state index in [1.807, 2.05) is 0 Å². The molecule has 100 valence electrons. The van der Waals surface area contributed by atoms with Crippen LogP contribution in [0, 0.1) is 27.8 Å². The van der Waals surface area contributed by atoms with Crippen LogP contribution < -0.4 is 5.32 Å². The minimum Gasteiger partial charge on any atom is -0.366 e. The average Bonchev–Trinajstić information content (AvgIpc) is 2.71. The molecule has 0 radical (unpaired) electrons. The fourth-order valence-corrected chi connectivity index (χ4v) is 2.34. The molecule has 0 saturated carbocycles. The third kappa shape index (κ3) is 1.47. The summed E-state index contributed by atoms with van der Waals surface area (Å²) in [4.78, 5) is 13.0. The molecule has 3 heterocycles. The van der Waals surface area contributed by atoms with Gasteiger partial charge in [-0.15, -0.1) is 0 Å². The van der Waals surface area contributed by atoms with Crippen LogP contribution in [-0.4, -0.2) is 21.0 Å². The van der Waals surface area contributed by atoms with Crippen LogP contribution >= 0.6 is 0 Å². The van der Waals surface area contributed by atoms with Crippen molar-refractivity contribution in [3.63, 3.8) is 0 Å². The first kappa shape index (κ1) is 11.8. The number of aryl methyl sites for hydroxylation is 1. The molecule has 9 heteroatoms. The van der Waals surface area contributed by atoms with E-state index in [4.69, 9.17) is 0 Å². The zero-order valence-electron chi connectivity index (χ0n) is 9.41. The van der Waals surface area contributed by atoms with Crippen LogP contribution in [0.15, 0.2) is 0 Å². The van der Waals surface area contributed by atoms with Crippen molar-refractivity contribution in [2.45, 2.75) is 13.0 Å². The fourth-order valence-electron chi connectivity index (χ4n) is 2.34. The Balaban J connectivity index is 2.54. The lowest BCUT2D eigenvalue weighted by atomic mass is 10.2. The molecule has 0 atom stereocenters. The van der Waals surface area contributed by atoms with Crippen LogP contribution in [0.25, 0.3) is 10.9 Å². The lowest BCUT2D eigenvalue weighted by Crippen LogP contribution is -2.17. The molecule has 1 aliphatic heterocycles. The summed E-state index contributed by atoms with van der Waals surface area (Å²) in [6.45, 7) is 0.715. The molecule has 1 aliphatic rings. The Morgan fingerprint density at radius 1 is 1.32 bits per heavy atom. The van der Waals surface area contributed by atoms with Gasteiger partial charge in [0.15, 0.2) is 11.6 Å². The van der Waals surface area contributed by atoms with Gasteiger partial charge >= 0.3 is 5.69 Å². The monoisotopic (exact) mass is 272 g/mol. The molecule has 1 N–H and O–H groups in total. The summed E-state index contributed by atoms with van der Waals surface area (Å²) >= 11 is 0. The molecule has 0 saturated heterocycles. The second-order valence-electron chi connectivity index (χ2n) is 4.12. The molecule has 2 aromatic heterocycles. The fraction of sp³-hybridized carbons (Fsp3) is 0.300. The van der Waals surface area contributed by atoms with Crippen LogP contribution in [0.4, 0.5) is 24.7 Å². The van der Waals surface area contributed by atoms with Crippen LogP contribution in [0.1, 0.15) is 6.42 Å². The van der Waals surface area contributed by atoms with Gasteiger partial charge in [-0.05, 0) is 6.42 Å². The molecule has 0 amide bonds. The standard InChI is InChI=1S/C10H7F3N4O2/c11-5-4-6(9(13)15-8(5)12)16-3-1-2-14-10(16)7(4)17(18)19/h14H,1-3H2. The Bertz CT molecular complexity index is 713. The van der Waals surface area contributed by atoms with E-state index in [2.05, 4.69) is 10.3 Å². The van der Waals surface area contributed by atoms with Crippen molar-refractivity contribution < 1.29 is 18.1 Å². The van der Waals surface area contributed by atoms with Crippen LogP contribution in [0.2, 0.25) is 0 Å². The van der Waals surface area contributed by atoms with Gasteiger partial charge in [-0.2, -0.15) is 13.8 Å². The van der Waals surface area contributed by atoms with Crippen molar-refractivity contribution in [2.75, 3.05) is 11.9 Å². The van der Waals surface area contributed by atoms with Gasteiger partial charge in [-0.1, -0.05) is 0 Å². The molecule has 3 rings (SSSR count). The molecular formula is C10H7F3N4O2. The van der Waals surface area contributed by atoms with Gasteiger partial charge in [0.25, 0.3) is 5.95 Å². The molecule has 0 bridgehead atoms. The zero-order valence-corrected chi connectivity index (χ0v) is 9.41. The van der Waals surface area contributed by atoms with Gasteiger partial charge in [-0.3, -0.25) is 10.1 Å². The van der Waals surface area contributed by atoms with Crippen LogP contribution in [-0.2, 0) is 6.54 Å². The number of fused-ring (bicyclic) bond motifs is 3. The second kappa shape index (κ2) is 3.84. The Morgan fingerprint density at radius 2 is 2.05 bits per heavy atom. The molecule has 0 aliphatic carbocycles. The summed E-state index contributed by atoms with van der Waals surface area (Å²) in [5, 5.41) is 13.1. The highest BCUT2D eigenvalue weighted by molar-refractivity contribution is 5.97.